The van der Waals surface area contributed by atoms with Crippen molar-refractivity contribution >= 4 is 5.91 Å². The first-order valence-corrected chi connectivity index (χ1v) is 7.73. The number of amides is 1. The molecule has 23 heavy (non-hydrogen) atoms. The zero-order valence-corrected chi connectivity index (χ0v) is 12.8. The molecule has 1 fully saturated rings. The average molecular weight is 314 g/mol. The molecule has 1 N–H and O–H groups in total. The van der Waals surface area contributed by atoms with Crippen molar-refractivity contribution in [1.82, 2.24) is 9.88 Å². The molecule has 5 heteroatoms. The van der Waals surface area contributed by atoms with E-state index in [-0.39, 0.29) is 24.6 Å². The van der Waals surface area contributed by atoms with Gasteiger partial charge >= 0.3 is 0 Å². The number of alkyl halides is 1. The molecule has 2 heterocycles. The standard InChI is InChI=1S/C18H19FN2O2/c19-18(14-5-2-1-3-6-14)9-4-10-21(13-18)17(23)11-15-7-8-16(22)12-20-15/h1-3,5-8,12,22H,4,9-11,13H2. The summed E-state index contributed by atoms with van der Waals surface area (Å²) in [7, 11) is 0. The van der Waals surface area contributed by atoms with Crippen LogP contribution in [0.1, 0.15) is 24.1 Å². The third-order valence-corrected chi connectivity index (χ3v) is 4.23. The quantitative estimate of drug-likeness (QED) is 0.948. The maximum absolute atomic E-state index is 15.3. The van der Waals surface area contributed by atoms with Gasteiger partial charge in [0.2, 0.25) is 5.91 Å². The Labute approximate surface area is 134 Å². The Morgan fingerprint density at radius 3 is 2.74 bits per heavy atom. The fourth-order valence-corrected chi connectivity index (χ4v) is 2.98. The molecule has 1 amide bonds. The number of aromatic hydroxyl groups is 1. The van der Waals surface area contributed by atoms with Crippen molar-refractivity contribution in [3.8, 4) is 5.75 Å². The van der Waals surface area contributed by atoms with Crippen LogP contribution in [0, 0.1) is 0 Å². The number of carbonyl (C=O) groups excluding carboxylic acids is 1. The monoisotopic (exact) mass is 314 g/mol. The molecule has 0 bridgehead atoms. The molecule has 1 atom stereocenters. The normalized spacial score (nSPS) is 21.2. The van der Waals surface area contributed by atoms with Gasteiger partial charge in [0, 0.05) is 12.2 Å². The number of hydrogen-bond acceptors (Lipinski definition) is 3. The molecule has 1 saturated heterocycles. The van der Waals surface area contributed by atoms with Gasteiger partial charge in [-0.15, -0.1) is 0 Å². The van der Waals surface area contributed by atoms with Gasteiger partial charge in [-0.25, -0.2) is 4.39 Å². The average Bonchev–Trinajstić information content (AvgIpc) is 2.58. The lowest BCUT2D eigenvalue weighted by molar-refractivity contribution is -0.135. The number of benzene rings is 1. The molecule has 0 saturated carbocycles. The highest BCUT2D eigenvalue weighted by Crippen LogP contribution is 2.35. The molecular weight excluding hydrogens is 295 g/mol. The van der Waals surface area contributed by atoms with Crippen LogP contribution in [0.4, 0.5) is 4.39 Å². The van der Waals surface area contributed by atoms with E-state index in [4.69, 9.17) is 0 Å². The fourth-order valence-electron chi connectivity index (χ4n) is 2.98. The van der Waals surface area contributed by atoms with Gasteiger partial charge in [-0.2, -0.15) is 0 Å². The van der Waals surface area contributed by atoms with Gasteiger partial charge in [0.25, 0.3) is 0 Å². The number of carbonyl (C=O) groups is 1. The maximum Gasteiger partial charge on any atom is 0.228 e. The first kappa shape index (κ1) is 15.5. The van der Waals surface area contributed by atoms with E-state index in [0.29, 0.717) is 30.6 Å². The number of aromatic nitrogens is 1. The molecule has 1 aromatic heterocycles. The largest absolute Gasteiger partial charge is 0.506 e. The van der Waals surface area contributed by atoms with Crippen LogP contribution >= 0.6 is 0 Å². The predicted molar refractivity (Wildman–Crippen MR) is 84.6 cm³/mol. The van der Waals surface area contributed by atoms with Crippen LogP contribution in [0.5, 0.6) is 5.75 Å². The zero-order chi connectivity index (χ0) is 16.3. The topological polar surface area (TPSA) is 53.4 Å². The van der Waals surface area contributed by atoms with E-state index < -0.39 is 5.67 Å². The van der Waals surface area contributed by atoms with Crippen molar-refractivity contribution in [3.63, 3.8) is 0 Å². The first-order valence-electron chi connectivity index (χ1n) is 7.73. The molecule has 4 nitrogen and oxygen atoms in total. The van der Waals surface area contributed by atoms with E-state index in [9.17, 15) is 9.90 Å². The van der Waals surface area contributed by atoms with Crippen molar-refractivity contribution in [3.05, 3.63) is 59.9 Å². The Balaban J connectivity index is 1.70. The molecule has 1 unspecified atom stereocenters. The van der Waals surface area contributed by atoms with Gasteiger partial charge in [0.15, 0.2) is 5.67 Å². The summed E-state index contributed by atoms with van der Waals surface area (Å²) in [4.78, 5) is 18.0. The van der Waals surface area contributed by atoms with Gasteiger partial charge < -0.3 is 10.0 Å². The van der Waals surface area contributed by atoms with Gasteiger partial charge in [-0.1, -0.05) is 30.3 Å². The number of halogens is 1. The minimum atomic E-state index is -1.49. The zero-order valence-electron chi connectivity index (χ0n) is 12.8. The number of hydrogen-bond donors (Lipinski definition) is 1. The van der Waals surface area contributed by atoms with E-state index in [2.05, 4.69) is 4.98 Å². The molecule has 2 aromatic rings. The third kappa shape index (κ3) is 3.50. The summed E-state index contributed by atoms with van der Waals surface area (Å²) < 4.78 is 15.3. The van der Waals surface area contributed by atoms with Crippen molar-refractivity contribution in [2.75, 3.05) is 13.1 Å². The highest BCUT2D eigenvalue weighted by Gasteiger charge is 2.38. The number of rotatable bonds is 3. The second-order valence-corrected chi connectivity index (χ2v) is 5.93. The van der Waals surface area contributed by atoms with Crippen molar-refractivity contribution < 1.29 is 14.3 Å². The molecule has 1 aliphatic heterocycles. The molecular formula is C18H19FN2O2. The predicted octanol–water partition coefficient (Wildman–Crippen LogP) is 2.82. The lowest BCUT2D eigenvalue weighted by Crippen LogP contribution is -2.46. The summed E-state index contributed by atoms with van der Waals surface area (Å²) in [6.45, 7) is 0.642. The first-order chi connectivity index (χ1) is 11.1. The Morgan fingerprint density at radius 2 is 2.04 bits per heavy atom. The van der Waals surface area contributed by atoms with E-state index in [1.165, 1.54) is 12.3 Å². The molecule has 0 spiro atoms. The van der Waals surface area contributed by atoms with Crippen LogP contribution in [0.2, 0.25) is 0 Å². The minimum absolute atomic E-state index is 0.0611. The van der Waals surface area contributed by atoms with Crippen LogP contribution in [-0.2, 0) is 16.9 Å². The summed E-state index contributed by atoms with van der Waals surface area (Å²) >= 11 is 0. The van der Waals surface area contributed by atoms with E-state index >= 15 is 4.39 Å². The Morgan fingerprint density at radius 1 is 1.26 bits per heavy atom. The number of pyridine rings is 1. The number of nitrogens with zero attached hydrogens (tertiary/aromatic N) is 2. The Hall–Kier alpha value is -2.43. The highest BCUT2D eigenvalue weighted by molar-refractivity contribution is 5.78. The Bertz CT molecular complexity index is 675. The van der Waals surface area contributed by atoms with Crippen LogP contribution in [0.25, 0.3) is 0 Å². The van der Waals surface area contributed by atoms with Crippen LogP contribution < -0.4 is 0 Å². The number of piperidine rings is 1. The Kier molecular flexibility index (Phi) is 4.28. The number of likely N-dealkylation sites (tertiary alicyclic amines) is 1. The SMILES string of the molecule is O=C(Cc1ccc(O)cn1)N1CCCC(F)(c2ccccc2)C1. The fraction of sp³-hybridized carbons (Fsp3) is 0.333. The smallest absolute Gasteiger partial charge is 0.228 e. The molecule has 120 valence electrons. The molecule has 0 aliphatic carbocycles. The van der Waals surface area contributed by atoms with Crippen molar-refractivity contribution in [2.45, 2.75) is 24.9 Å². The van der Waals surface area contributed by atoms with E-state index in [1.807, 2.05) is 18.2 Å². The maximum atomic E-state index is 15.3. The van der Waals surface area contributed by atoms with Gasteiger partial charge in [-0.3, -0.25) is 9.78 Å². The van der Waals surface area contributed by atoms with Crippen LogP contribution in [0.15, 0.2) is 48.7 Å². The van der Waals surface area contributed by atoms with Crippen molar-refractivity contribution in [1.29, 1.82) is 0 Å². The van der Waals surface area contributed by atoms with Gasteiger partial charge in [0.05, 0.1) is 19.2 Å². The molecule has 1 aliphatic rings. The van der Waals surface area contributed by atoms with E-state index in [1.54, 1.807) is 23.1 Å². The highest BCUT2D eigenvalue weighted by atomic mass is 19.1. The lowest BCUT2D eigenvalue weighted by atomic mass is 9.87. The second-order valence-electron chi connectivity index (χ2n) is 5.93. The summed E-state index contributed by atoms with van der Waals surface area (Å²) in [5, 5.41) is 9.23. The molecule has 1 aromatic carbocycles. The van der Waals surface area contributed by atoms with E-state index in [0.717, 1.165) is 0 Å². The lowest BCUT2D eigenvalue weighted by Gasteiger charge is -2.37. The molecule has 3 rings (SSSR count). The van der Waals surface area contributed by atoms with Gasteiger partial charge in [0.1, 0.15) is 5.75 Å². The summed E-state index contributed by atoms with van der Waals surface area (Å²) in [5.41, 5.74) is -0.291. The summed E-state index contributed by atoms with van der Waals surface area (Å²) in [5.74, 6) is -0.0770. The summed E-state index contributed by atoms with van der Waals surface area (Å²) in [6.07, 6.45) is 2.49. The van der Waals surface area contributed by atoms with Crippen LogP contribution in [0.3, 0.4) is 0 Å². The van der Waals surface area contributed by atoms with Crippen molar-refractivity contribution in [2.24, 2.45) is 0 Å². The van der Waals surface area contributed by atoms with Gasteiger partial charge in [-0.05, 0) is 30.5 Å². The second kappa shape index (κ2) is 6.36. The summed E-state index contributed by atoms with van der Waals surface area (Å²) in [6, 6.07) is 12.1. The molecule has 0 radical (unpaired) electrons. The third-order valence-electron chi connectivity index (χ3n) is 4.23. The minimum Gasteiger partial charge on any atom is -0.506 e. The van der Waals surface area contributed by atoms with Crippen LogP contribution in [-0.4, -0.2) is 34.0 Å².